The van der Waals surface area contributed by atoms with Crippen LogP contribution in [0.2, 0.25) is 0 Å². The van der Waals surface area contributed by atoms with Crippen LogP contribution in [0.5, 0.6) is 11.5 Å². The summed E-state index contributed by atoms with van der Waals surface area (Å²) >= 11 is 0. The Kier molecular flexibility index (Phi) is 6.56. The maximum Gasteiger partial charge on any atom is 0.244 e. The van der Waals surface area contributed by atoms with Crippen LogP contribution in [0.4, 0.5) is 11.4 Å². The lowest BCUT2D eigenvalue weighted by atomic mass is 10.1. The van der Waals surface area contributed by atoms with Crippen molar-refractivity contribution in [1.29, 1.82) is 0 Å². The Morgan fingerprint density at radius 1 is 0.971 bits per heavy atom. The van der Waals surface area contributed by atoms with Crippen molar-refractivity contribution in [3.05, 3.63) is 78.4 Å². The molecule has 1 atom stereocenters. The third-order valence-electron chi connectivity index (χ3n) is 5.64. The molecule has 9 heteroatoms. The first-order valence-electron chi connectivity index (χ1n) is 10.5. The number of para-hydroxylation sites is 2. The highest BCUT2D eigenvalue weighted by Crippen LogP contribution is 2.42. The Morgan fingerprint density at radius 3 is 2.35 bits per heavy atom. The van der Waals surface area contributed by atoms with E-state index in [2.05, 4.69) is 5.32 Å². The molecule has 0 bridgehead atoms. The van der Waals surface area contributed by atoms with Gasteiger partial charge in [-0.3, -0.25) is 9.59 Å². The van der Waals surface area contributed by atoms with E-state index in [4.69, 9.17) is 9.47 Å². The first kappa shape index (κ1) is 23.3. The van der Waals surface area contributed by atoms with Crippen molar-refractivity contribution in [3.63, 3.8) is 0 Å². The van der Waals surface area contributed by atoms with Gasteiger partial charge in [0.2, 0.25) is 11.8 Å². The van der Waals surface area contributed by atoms with E-state index in [1.165, 1.54) is 31.3 Å². The van der Waals surface area contributed by atoms with Gasteiger partial charge in [-0.15, -0.1) is 0 Å². The van der Waals surface area contributed by atoms with Gasteiger partial charge in [0.05, 0.1) is 30.1 Å². The number of rotatable bonds is 6. The average molecular weight is 481 g/mol. The lowest BCUT2D eigenvalue weighted by Crippen LogP contribution is -2.38. The molecule has 1 aliphatic rings. The fraction of sp³-hybridized carbons (Fsp3) is 0.200. The summed E-state index contributed by atoms with van der Waals surface area (Å²) in [4.78, 5) is 27.3. The Hall–Kier alpha value is -3.85. The molecule has 0 saturated carbocycles. The van der Waals surface area contributed by atoms with E-state index < -0.39 is 26.9 Å². The topological polar surface area (TPSA) is 102 Å². The number of hydrogen-bond acceptors (Lipinski definition) is 6. The Balaban J connectivity index is 1.72. The molecule has 0 radical (unpaired) electrons. The summed E-state index contributed by atoms with van der Waals surface area (Å²) < 4.78 is 38.0. The van der Waals surface area contributed by atoms with Gasteiger partial charge < -0.3 is 19.7 Å². The number of carbonyl (C=O) groups excluding carboxylic acids is 2. The molecule has 8 nitrogen and oxygen atoms in total. The summed E-state index contributed by atoms with van der Waals surface area (Å²) in [6, 6.07) is 19.9. The number of sulfone groups is 1. The minimum Gasteiger partial charge on any atom is -0.493 e. The summed E-state index contributed by atoms with van der Waals surface area (Å²) in [5, 5.41) is 1.59. The molecule has 0 fully saturated rings. The van der Waals surface area contributed by atoms with Gasteiger partial charge in [0.15, 0.2) is 21.3 Å². The highest BCUT2D eigenvalue weighted by Gasteiger charge is 2.40. The minimum absolute atomic E-state index is 0.00635. The SMILES string of the molecule is COc1ccc([C@H]2CC(=O)N(CC(=O)Nc3ccccc3)c3ccccc3S2(=O)=O)cc1OC. The zero-order valence-corrected chi connectivity index (χ0v) is 19.5. The number of anilines is 2. The van der Waals surface area contributed by atoms with Crippen LogP contribution >= 0.6 is 0 Å². The number of fused-ring (bicyclic) bond motifs is 1. The quantitative estimate of drug-likeness (QED) is 0.579. The molecule has 0 aromatic heterocycles. The molecule has 176 valence electrons. The molecule has 4 rings (SSSR count). The van der Waals surface area contributed by atoms with Crippen molar-refractivity contribution in [1.82, 2.24) is 0 Å². The van der Waals surface area contributed by atoms with Crippen LogP contribution < -0.4 is 19.7 Å². The first-order valence-corrected chi connectivity index (χ1v) is 12.1. The number of carbonyl (C=O) groups is 2. The largest absolute Gasteiger partial charge is 0.493 e. The molecule has 0 spiro atoms. The molecule has 0 saturated heterocycles. The summed E-state index contributed by atoms with van der Waals surface area (Å²) in [6.07, 6.45) is -0.328. The van der Waals surface area contributed by atoms with E-state index >= 15 is 0 Å². The van der Waals surface area contributed by atoms with E-state index in [9.17, 15) is 18.0 Å². The molecule has 1 aliphatic heterocycles. The van der Waals surface area contributed by atoms with E-state index in [0.717, 1.165) is 0 Å². The maximum atomic E-state index is 13.7. The third kappa shape index (κ3) is 4.47. The van der Waals surface area contributed by atoms with Crippen LogP contribution in [0.1, 0.15) is 17.2 Å². The van der Waals surface area contributed by atoms with Crippen molar-refractivity contribution in [2.75, 3.05) is 31.0 Å². The van der Waals surface area contributed by atoms with Crippen LogP contribution in [0.15, 0.2) is 77.7 Å². The van der Waals surface area contributed by atoms with Crippen molar-refractivity contribution in [2.24, 2.45) is 0 Å². The van der Waals surface area contributed by atoms with Gasteiger partial charge in [0, 0.05) is 12.1 Å². The van der Waals surface area contributed by atoms with Gasteiger partial charge in [-0.25, -0.2) is 8.42 Å². The molecule has 34 heavy (non-hydrogen) atoms. The van der Waals surface area contributed by atoms with Crippen LogP contribution in [-0.4, -0.2) is 41.0 Å². The lowest BCUT2D eigenvalue weighted by molar-refractivity contribution is -0.121. The Bertz CT molecular complexity index is 1320. The zero-order valence-electron chi connectivity index (χ0n) is 18.7. The molecule has 0 aliphatic carbocycles. The highest BCUT2D eigenvalue weighted by atomic mass is 32.2. The Morgan fingerprint density at radius 2 is 1.65 bits per heavy atom. The van der Waals surface area contributed by atoms with Gasteiger partial charge in [-0.2, -0.15) is 0 Å². The van der Waals surface area contributed by atoms with Crippen molar-refractivity contribution in [2.45, 2.75) is 16.6 Å². The minimum atomic E-state index is -3.97. The molecule has 2 amide bonds. The first-order chi connectivity index (χ1) is 16.3. The molecular formula is C25H24N2O6S. The summed E-state index contributed by atoms with van der Waals surface area (Å²) in [6.45, 7) is -0.321. The van der Waals surface area contributed by atoms with Crippen molar-refractivity contribution < 1.29 is 27.5 Å². The van der Waals surface area contributed by atoms with Crippen LogP contribution in [0.3, 0.4) is 0 Å². The predicted octanol–water partition coefficient (Wildman–Crippen LogP) is 3.59. The molecule has 3 aromatic rings. The Labute approximate surface area is 198 Å². The highest BCUT2D eigenvalue weighted by molar-refractivity contribution is 7.92. The molecule has 1 N–H and O–H groups in total. The number of ether oxygens (including phenoxy) is 2. The van der Waals surface area contributed by atoms with Crippen LogP contribution in [-0.2, 0) is 19.4 Å². The normalized spacial score (nSPS) is 16.8. The summed E-state index contributed by atoms with van der Waals surface area (Å²) in [7, 11) is -1.03. The number of methoxy groups -OCH3 is 2. The molecular weight excluding hydrogens is 456 g/mol. The number of benzene rings is 3. The van der Waals surface area contributed by atoms with Crippen molar-refractivity contribution >= 4 is 33.0 Å². The zero-order chi connectivity index (χ0) is 24.3. The monoisotopic (exact) mass is 480 g/mol. The fourth-order valence-electron chi connectivity index (χ4n) is 3.98. The van der Waals surface area contributed by atoms with Gasteiger partial charge in [-0.1, -0.05) is 36.4 Å². The predicted molar refractivity (Wildman–Crippen MR) is 128 cm³/mol. The molecule has 3 aromatic carbocycles. The number of nitrogens with zero attached hydrogens (tertiary/aromatic N) is 1. The second kappa shape index (κ2) is 9.56. The lowest BCUT2D eigenvalue weighted by Gasteiger charge is -2.21. The number of nitrogens with one attached hydrogen (secondary N) is 1. The van der Waals surface area contributed by atoms with E-state index in [1.54, 1.807) is 54.6 Å². The van der Waals surface area contributed by atoms with E-state index in [0.29, 0.717) is 22.7 Å². The molecule has 1 heterocycles. The van der Waals surface area contributed by atoms with E-state index in [1.807, 2.05) is 6.07 Å². The second-order valence-corrected chi connectivity index (χ2v) is 9.81. The second-order valence-electron chi connectivity index (χ2n) is 7.71. The van der Waals surface area contributed by atoms with Crippen molar-refractivity contribution in [3.8, 4) is 11.5 Å². The van der Waals surface area contributed by atoms with Gasteiger partial charge >= 0.3 is 0 Å². The standard InChI is InChI=1S/C25H24N2O6S/c1-32-20-13-12-17(14-21(20)33-2)23-15-25(29)27(16-24(28)26-18-8-4-3-5-9-18)19-10-6-7-11-22(19)34(23,30)31/h3-14,23H,15-16H2,1-2H3,(H,26,28)/t23-/m1/s1. The third-order valence-corrected chi connectivity index (χ3v) is 7.78. The number of amides is 2. The van der Waals surface area contributed by atoms with Gasteiger partial charge in [0.25, 0.3) is 0 Å². The van der Waals surface area contributed by atoms with Gasteiger partial charge in [-0.05, 0) is 42.0 Å². The fourth-order valence-corrected chi connectivity index (χ4v) is 5.89. The number of hydrogen-bond donors (Lipinski definition) is 1. The smallest absolute Gasteiger partial charge is 0.244 e. The van der Waals surface area contributed by atoms with Gasteiger partial charge in [0.1, 0.15) is 6.54 Å². The summed E-state index contributed by atoms with van der Waals surface area (Å²) in [5.41, 5.74) is 1.16. The maximum absolute atomic E-state index is 13.7. The van der Waals surface area contributed by atoms with Crippen LogP contribution in [0.25, 0.3) is 0 Å². The summed E-state index contributed by atoms with van der Waals surface area (Å²) in [5.74, 6) is -0.102. The van der Waals surface area contributed by atoms with E-state index in [-0.39, 0.29) is 23.5 Å². The molecule has 0 unspecified atom stereocenters. The average Bonchev–Trinajstić information content (AvgIpc) is 2.93. The van der Waals surface area contributed by atoms with Crippen LogP contribution in [0, 0.1) is 0 Å².